The number of nitrogens with one attached hydrogen (secondary N) is 1. The second-order valence-electron chi connectivity index (χ2n) is 5.96. The Labute approximate surface area is 192 Å². The van der Waals surface area contributed by atoms with Crippen LogP contribution >= 0.6 is 49.9 Å². The van der Waals surface area contributed by atoms with Gasteiger partial charge in [0.05, 0.1) is 16.9 Å². The number of benzene rings is 2. The molecule has 2 aromatic carbocycles. The van der Waals surface area contributed by atoms with Gasteiger partial charge in [0.1, 0.15) is 22.2 Å². The minimum absolute atomic E-state index is 0.362. The lowest BCUT2D eigenvalue weighted by Gasteiger charge is -2.03. The van der Waals surface area contributed by atoms with Crippen LogP contribution in [0.5, 0.6) is 0 Å². The van der Waals surface area contributed by atoms with Crippen molar-refractivity contribution in [3.63, 3.8) is 0 Å². The van der Waals surface area contributed by atoms with Crippen LogP contribution in [0, 0.1) is 14.9 Å². The topological polar surface area (TPSA) is 78.9 Å². The number of nitrogens with zero attached hydrogens (tertiary/aromatic N) is 2. The third-order valence-corrected chi connectivity index (χ3v) is 6.38. The van der Waals surface area contributed by atoms with Gasteiger partial charge in [-0.25, -0.2) is 9.78 Å². The quantitative estimate of drug-likeness (QED) is 0.176. The van der Waals surface area contributed by atoms with Gasteiger partial charge in [-0.15, -0.1) is 11.3 Å². The van der Waals surface area contributed by atoms with E-state index < -0.39 is 5.63 Å². The Morgan fingerprint density at radius 3 is 2.90 bits per heavy atom. The van der Waals surface area contributed by atoms with E-state index in [2.05, 4.69) is 54.9 Å². The summed E-state index contributed by atoms with van der Waals surface area (Å²) in [6.45, 7) is 0. The van der Waals surface area contributed by atoms with E-state index in [4.69, 9.17) is 4.42 Å². The molecule has 0 saturated heterocycles. The molecule has 4 aromatic rings. The highest BCUT2D eigenvalue weighted by atomic mass is 127. The first kappa shape index (κ1) is 19.8. The summed E-state index contributed by atoms with van der Waals surface area (Å²) in [6.07, 6.45) is 1.63. The van der Waals surface area contributed by atoms with E-state index in [1.807, 2.05) is 36.4 Å². The van der Waals surface area contributed by atoms with Crippen LogP contribution < -0.4 is 10.9 Å². The fourth-order valence-corrected chi connectivity index (χ4v) is 4.37. The van der Waals surface area contributed by atoms with Crippen molar-refractivity contribution >= 4 is 72.1 Å². The maximum Gasteiger partial charge on any atom is 0.345 e. The van der Waals surface area contributed by atoms with Crippen molar-refractivity contribution in [3.8, 4) is 17.3 Å². The predicted molar refractivity (Wildman–Crippen MR) is 128 cm³/mol. The molecule has 0 radical (unpaired) electrons. The summed E-state index contributed by atoms with van der Waals surface area (Å²) in [5, 5.41) is 15.8. The summed E-state index contributed by atoms with van der Waals surface area (Å²) in [5.41, 5.74) is 2.18. The molecule has 0 aliphatic carbocycles. The van der Waals surface area contributed by atoms with Gasteiger partial charge in [-0.05, 0) is 59.0 Å². The monoisotopic (exact) mass is 575 g/mol. The van der Waals surface area contributed by atoms with E-state index in [9.17, 15) is 10.1 Å². The first-order valence-corrected chi connectivity index (χ1v) is 11.1. The fourth-order valence-electron chi connectivity index (χ4n) is 2.66. The summed E-state index contributed by atoms with van der Waals surface area (Å²) in [6, 6.07) is 17.1. The summed E-state index contributed by atoms with van der Waals surface area (Å²) >= 11 is 6.94. The fraction of sp³-hybridized carbons (Fsp3) is 0. The average molecular weight is 576 g/mol. The molecule has 2 heterocycles. The van der Waals surface area contributed by atoms with Crippen molar-refractivity contribution in [2.75, 3.05) is 5.32 Å². The molecule has 0 fully saturated rings. The second-order valence-corrected chi connectivity index (χ2v) is 8.90. The Bertz CT molecular complexity index is 1350. The Hall–Kier alpha value is -2.48. The molecule has 5 nitrogen and oxygen atoms in total. The lowest BCUT2D eigenvalue weighted by atomic mass is 10.1. The van der Waals surface area contributed by atoms with E-state index >= 15 is 0 Å². The van der Waals surface area contributed by atoms with Gasteiger partial charge in [0.2, 0.25) is 0 Å². The first-order valence-electron chi connectivity index (χ1n) is 8.36. The normalized spacial score (nSPS) is 11.4. The molecule has 0 bridgehead atoms. The molecule has 1 N–H and O–H groups in total. The van der Waals surface area contributed by atoms with Crippen LogP contribution in [0.15, 0.2) is 73.8 Å². The number of hydrogen-bond donors (Lipinski definition) is 1. The van der Waals surface area contributed by atoms with Crippen molar-refractivity contribution in [3.05, 3.63) is 83.6 Å². The van der Waals surface area contributed by atoms with E-state index in [0.717, 1.165) is 19.1 Å². The molecule has 0 amide bonds. The number of nitriles is 1. The number of aromatic nitrogens is 1. The van der Waals surface area contributed by atoms with Gasteiger partial charge in [-0.3, -0.25) is 0 Å². The van der Waals surface area contributed by atoms with E-state index in [1.54, 1.807) is 23.7 Å². The van der Waals surface area contributed by atoms with Crippen molar-refractivity contribution < 1.29 is 4.42 Å². The minimum Gasteiger partial charge on any atom is -0.422 e. The minimum atomic E-state index is -0.462. The molecule has 0 aliphatic rings. The van der Waals surface area contributed by atoms with Gasteiger partial charge in [-0.2, -0.15) is 5.26 Å². The van der Waals surface area contributed by atoms with Crippen LogP contribution in [0.25, 0.3) is 27.8 Å². The van der Waals surface area contributed by atoms with Crippen LogP contribution in [0.2, 0.25) is 0 Å². The number of hydrogen-bond acceptors (Lipinski definition) is 6. The molecular weight excluding hydrogens is 565 g/mol. The highest BCUT2D eigenvalue weighted by Gasteiger charge is 2.14. The number of fused-ring (bicyclic) bond motifs is 1. The van der Waals surface area contributed by atoms with Crippen molar-refractivity contribution in [2.45, 2.75) is 0 Å². The lowest BCUT2D eigenvalue weighted by molar-refractivity contribution is 0.563. The molecule has 0 spiro atoms. The summed E-state index contributed by atoms with van der Waals surface area (Å²) < 4.78 is 7.34. The number of rotatable bonds is 4. The van der Waals surface area contributed by atoms with E-state index in [0.29, 0.717) is 27.4 Å². The second kappa shape index (κ2) is 8.49. The molecule has 0 aliphatic heterocycles. The molecule has 0 saturated carbocycles. The number of halogens is 2. The molecule has 2 aromatic heterocycles. The van der Waals surface area contributed by atoms with Crippen molar-refractivity contribution in [1.82, 2.24) is 4.98 Å². The molecule has 8 heteroatoms. The summed E-state index contributed by atoms with van der Waals surface area (Å²) in [7, 11) is 0. The molecule has 0 unspecified atom stereocenters. The van der Waals surface area contributed by atoms with Crippen molar-refractivity contribution in [2.24, 2.45) is 0 Å². The maximum atomic E-state index is 12.4. The first-order chi connectivity index (χ1) is 14.0. The third-order valence-electron chi connectivity index (χ3n) is 4.07. The molecule has 29 heavy (non-hydrogen) atoms. The molecule has 4 rings (SSSR count). The molecular formula is C21H11BrIN3O2S. The Morgan fingerprint density at radius 2 is 2.10 bits per heavy atom. The summed E-state index contributed by atoms with van der Waals surface area (Å²) in [4.78, 5) is 16.9. The number of thiazole rings is 1. The zero-order valence-corrected chi connectivity index (χ0v) is 19.2. The van der Waals surface area contributed by atoms with Crippen LogP contribution in [-0.4, -0.2) is 4.98 Å². The Balaban J connectivity index is 1.69. The number of para-hydroxylation sites is 1. The zero-order chi connectivity index (χ0) is 20.4. The van der Waals surface area contributed by atoms with Gasteiger partial charge < -0.3 is 9.73 Å². The highest BCUT2D eigenvalue weighted by molar-refractivity contribution is 14.1. The Kier molecular flexibility index (Phi) is 5.80. The van der Waals surface area contributed by atoms with E-state index in [1.165, 1.54) is 11.3 Å². The van der Waals surface area contributed by atoms with Gasteiger partial charge in [0.15, 0.2) is 0 Å². The average Bonchev–Trinajstić information content (AvgIpc) is 3.19. The SMILES string of the molecule is N#C/C(=C\Nc1ccccc1I)c1nc(-c2cc3cc(Br)ccc3oc2=O)cs1. The van der Waals surface area contributed by atoms with Crippen LogP contribution in [0.3, 0.4) is 0 Å². The third kappa shape index (κ3) is 4.27. The molecule has 142 valence electrons. The lowest BCUT2D eigenvalue weighted by Crippen LogP contribution is -2.03. The van der Waals surface area contributed by atoms with Crippen LogP contribution in [-0.2, 0) is 0 Å². The standard InChI is InChI=1S/C21H11BrIN3O2S/c22-14-5-6-19-12(7-14)8-15(21(27)28-19)18-11-29-20(26-18)13(9-24)10-25-17-4-2-1-3-16(17)23/h1-8,10-11,25H/b13-10+. The number of allylic oxidation sites excluding steroid dienone is 1. The number of anilines is 1. The van der Waals surface area contributed by atoms with Crippen LogP contribution in [0.1, 0.15) is 5.01 Å². The van der Waals surface area contributed by atoms with Gasteiger partial charge in [0, 0.05) is 25.0 Å². The molecule has 0 atom stereocenters. The predicted octanol–water partition coefficient (Wildman–Crippen LogP) is 6.26. The van der Waals surface area contributed by atoms with Gasteiger partial charge in [-0.1, -0.05) is 28.1 Å². The zero-order valence-electron chi connectivity index (χ0n) is 14.6. The maximum absolute atomic E-state index is 12.4. The summed E-state index contributed by atoms with van der Waals surface area (Å²) in [5.74, 6) is 0. The van der Waals surface area contributed by atoms with Crippen molar-refractivity contribution in [1.29, 1.82) is 5.26 Å². The Morgan fingerprint density at radius 1 is 1.28 bits per heavy atom. The van der Waals surface area contributed by atoms with Gasteiger partial charge in [0.25, 0.3) is 0 Å². The van der Waals surface area contributed by atoms with Crippen LogP contribution in [0.4, 0.5) is 5.69 Å². The van der Waals surface area contributed by atoms with Gasteiger partial charge >= 0.3 is 5.63 Å². The van der Waals surface area contributed by atoms with E-state index in [-0.39, 0.29) is 0 Å². The highest BCUT2D eigenvalue weighted by Crippen LogP contribution is 2.28. The smallest absolute Gasteiger partial charge is 0.345 e. The largest absolute Gasteiger partial charge is 0.422 e.